The summed E-state index contributed by atoms with van der Waals surface area (Å²) in [7, 11) is 0. The summed E-state index contributed by atoms with van der Waals surface area (Å²) in [5.74, 6) is 0.381. The van der Waals surface area contributed by atoms with Crippen LogP contribution in [-0.2, 0) is 4.79 Å². The number of aromatic hydroxyl groups is 1. The minimum absolute atomic E-state index is 0.182. The highest BCUT2D eigenvalue weighted by Crippen LogP contribution is 2.33. The van der Waals surface area contributed by atoms with E-state index in [0.29, 0.717) is 15.6 Å². The molecule has 0 saturated heterocycles. The molecule has 100 valence electrons. The van der Waals surface area contributed by atoms with Gasteiger partial charge in [0.2, 0.25) is 0 Å². The molecule has 1 unspecified atom stereocenters. The molecule has 0 bridgehead atoms. The van der Waals surface area contributed by atoms with Gasteiger partial charge in [-0.15, -0.1) is 0 Å². The Morgan fingerprint density at radius 2 is 1.89 bits per heavy atom. The lowest BCUT2D eigenvalue weighted by Crippen LogP contribution is -2.34. The molecular weight excluding hydrogens is 470 g/mol. The molecule has 0 aliphatic heterocycles. The first kappa shape index (κ1) is 14.8. The minimum atomic E-state index is -0.558. The summed E-state index contributed by atoms with van der Waals surface area (Å²) in [4.78, 5) is 12.1. The second kappa shape index (κ2) is 5.82. The van der Waals surface area contributed by atoms with Crippen LogP contribution in [0.25, 0.3) is 10.8 Å². The molecule has 0 heterocycles. The third-order valence-corrected chi connectivity index (χ3v) is 6.55. The van der Waals surface area contributed by atoms with Gasteiger partial charge in [0.1, 0.15) is 14.9 Å². The van der Waals surface area contributed by atoms with Gasteiger partial charge < -0.3 is 9.84 Å². The van der Waals surface area contributed by atoms with Gasteiger partial charge in [-0.25, -0.2) is 0 Å². The van der Waals surface area contributed by atoms with Crippen molar-refractivity contribution < 1.29 is 14.6 Å². The molecule has 0 aliphatic rings. The molecule has 2 aromatic rings. The molecule has 0 saturated carbocycles. The summed E-state index contributed by atoms with van der Waals surface area (Å²) in [6.07, 6.45) is 0. The smallest absolute Gasteiger partial charge is 0.327 e. The van der Waals surface area contributed by atoms with Gasteiger partial charge in [0.05, 0.1) is 0 Å². The summed E-state index contributed by atoms with van der Waals surface area (Å²) < 4.78 is 5.58. The molecule has 2 aromatic carbocycles. The maximum Gasteiger partial charge on any atom is 0.327 e. The van der Waals surface area contributed by atoms with E-state index in [-0.39, 0.29) is 11.7 Å². The van der Waals surface area contributed by atoms with E-state index in [0.717, 1.165) is 5.39 Å². The van der Waals surface area contributed by atoms with Crippen molar-refractivity contribution in [1.82, 2.24) is 0 Å². The summed E-state index contributed by atoms with van der Waals surface area (Å²) >= 11 is 4.25. The van der Waals surface area contributed by atoms with Crippen molar-refractivity contribution in [3.05, 3.63) is 36.4 Å². The minimum Gasteiger partial charge on any atom is -0.507 e. The van der Waals surface area contributed by atoms with Gasteiger partial charge in [-0.1, -0.05) is 69.4 Å². The van der Waals surface area contributed by atoms with Crippen molar-refractivity contribution in [2.45, 2.75) is 10.3 Å². The number of fused-ring (bicyclic) bond motifs is 1. The van der Waals surface area contributed by atoms with Crippen LogP contribution in [-0.4, -0.2) is 18.9 Å². The first-order valence-electron chi connectivity index (χ1n) is 5.63. The molecule has 0 fully saturated rings. The molecule has 2 rings (SSSR count). The molecule has 0 aliphatic carbocycles. The molecule has 0 radical (unpaired) electrons. The van der Waals surface area contributed by atoms with Crippen LogP contribution in [0, 0.1) is 0 Å². The number of halogens is 2. The third-order valence-electron chi connectivity index (χ3n) is 2.74. The number of phenols is 1. The van der Waals surface area contributed by atoms with Gasteiger partial charge in [-0.05, 0) is 19.1 Å². The zero-order chi connectivity index (χ0) is 14.0. The number of ether oxygens (including phenoxy) is 1. The van der Waals surface area contributed by atoms with Gasteiger partial charge in [0.15, 0.2) is 0 Å². The number of hydrogen-bond donors (Lipinski definition) is 1. The Bertz CT molecular complexity index is 623. The zero-order valence-corrected chi connectivity index (χ0v) is 14.5. The number of carbonyl (C=O) groups excluding carboxylic acids is 1. The Morgan fingerprint density at radius 1 is 1.26 bits per heavy atom. The van der Waals surface area contributed by atoms with Crippen molar-refractivity contribution in [1.29, 1.82) is 0 Å². The molecular formula is C14H12I2O3. The van der Waals surface area contributed by atoms with Crippen molar-refractivity contribution in [2.75, 3.05) is 4.43 Å². The molecule has 0 spiro atoms. The number of benzene rings is 2. The van der Waals surface area contributed by atoms with Crippen LogP contribution < -0.4 is 4.74 Å². The van der Waals surface area contributed by atoms with E-state index in [4.69, 9.17) is 4.74 Å². The number of phenolic OH excluding ortho intramolecular Hbond substituents is 1. The lowest BCUT2D eigenvalue weighted by atomic mass is 10.1. The predicted molar refractivity (Wildman–Crippen MR) is 92.6 cm³/mol. The normalized spacial score (nSPS) is 14.1. The lowest BCUT2D eigenvalue weighted by molar-refractivity contribution is -0.135. The van der Waals surface area contributed by atoms with Crippen LogP contribution in [0.5, 0.6) is 11.5 Å². The Morgan fingerprint density at radius 3 is 2.53 bits per heavy atom. The summed E-state index contributed by atoms with van der Waals surface area (Å²) in [6, 6.07) is 10.5. The first-order valence-corrected chi connectivity index (χ1v) is 8.24. The predicted octanol–water partition coefficient (Wildman–Crippen LogP) is 4.08. The highest BCUT2D eigenvalue weighted by atomic mass is 127. The van der Waals surface area contributed by atoms with E-state index in [2.05, 4.69) is 45.2 Å². The maximum absolute atomic E-state index is 12.1. The van der Waals surface area contributed by atoms with E-state index in [1.165, 1.54) is 0 Å². The van der Waals surface area contributed by atoms with Gasteiger partial charge in [-0.3, -0.25) is 4.79 Å². The van der Waals surface area contributed by atoms with Crippen LogP contribution in [0.1, 0.15) is 6.92 Å². The van der Waals surface area contributed by atoms with Crippen LogP contribution in [0.15, 0.2) is 36.4 Å². The van der Waals surface area contributed by atoms with Crippen molar-refractivity contribution >= 4 is 61.9 Å². The zero-order valence-electron chi connectivity index (χ0n) is 10.2. The Kier molecular flexibility index (Phi) is 4.54. The first-order chi connectivity index (χ1) is 8.95. The maximum atomic E-state index is 12.1. The SMILES string of the molecule is CC(I)(CI)C(=O)Oc1ccc(O)c2ccccc12. The number of carbonyl (C=O) groups is 1. The average Bonchev–Trinajstić information content (AvgIpc) is 2.42. The molecule has 0 aromatic heterocycles. The Hall–Kier alpha value is -0.570. The van der Waals surface area contributed by atoms with Gasteiger partial charge >= 0.3 is 5.97 Å². The largest absolute Gasteiger partial charge is 0.507 e. The molecule has 19 heavy (non-hydrogen) atoms. The fourth-order valence-corrected chi connectivity index (χ4v) is 2.03. The Labute approximate surface area is 138 Å². The number of rotatable bonds is 3. The van der Waals surface area contributed by atoms with E-state index in [1.807, 2.05) is 25.1 Å². The monoisotopic (exact) mass is 482 g/mol. The van der Waals surface area contributed by atoms with E-state index in [1.54, 1.807) is 18.2 Å². The molecule has 3 nitrogen and oxygen atoms in total. The summed E-state index contributed by atoms with van der Waals surface area (Å²) in [6.45, 7) is 1.84. The van der Waals surface area contributed by atoms with E-state index < -0.39 is 3.42 Å². The molecule has 0 amide bonds. The summed E-state index contributed by atoms with van der Waals surface area (Å²) in [5.41, 5.74) is 0. The fourth-order valence-electron chi connectivity index (χ4n) is 1.61. The van der Waals surface area contributed by atoms with E-state index >= 15 is 0 Å². The topological polar surface area (TPSA) is 46.5 Å². The Balaban J connectivity index is 2.42. The molecule has 5 heteroatoms. The van der Waals surface area contributed by atoms with Crippen molar-refractivity contribution in [3.63, 3.8) is 0 Å². The quantitative estimate of drug-likeness (QED) is 0.311. The fraction of sp³-hybridized carbons (Fsp3) is 0.214. The van der Waals surface area contributed by atoms with Crippen LogP contribution in [0.3, 0.4) is 0 Å². The van der Waals surface area contributed by atoms with E-state index in [9.17, 15) is 9.90 Å². The van der Waals surface area contributed by atoms with Crippen LogP contribution in [0.4, 0.5) is 0 Å². The van der Waals surface area contributed by atoms with Crippen LogP contribution >= 0.6 is 45.2 Å². The highest BCUT2D eigenvalue weighted by Gasteiger charge is 2.31. The van der Waals surface area contributed by atoms with Crippen molar-refractivity contribution in [2.24, 2.45) is 0 Å². The third kappa shape index (κ3) is 3.13. The van der Waals surface area contributed by atoms with Gasteiger partial charge in [0.25, 0.3) is 0 Å². The standard InChI is InChI=1S/C14H12I2O3/c1-14(16,8-15)13(18)19-12-7-6-11(17)9-4-2-3-5-10(9)12/h2-7,17H,8H2,1H3. The number of alkyl halides is 2. The number of esters is 1. The number of hydrogen-bond acceptors (Lipinski definition) is 3. The van der Waals surface area contributed by atoms with Crippen LogP contribution in [0.2, 0.25) is 0 Å². The summed E-state index contributed by atoms with van der Waals surface area (Å²) in [5, 5.41) is 11.2. The molecule has 1 atom stereocenters. The average molecular weight is 482 g/mol. The second-order valence-electron chi connectivity index (χ2n) is 4.35. The lowest BCUT2D eigenvalue weighted by Gasteiger charge is -2.18. The van der Waals surface area contributed by atoms with Crippen molar-refractivity contribution in [3.8, 4) is 11.5 Å². The molecule has 1 N–H and O–H groups in total. The van der Waals surface area contributed by atoms with Gasteiger partial charge in [-0.2, -0.15) is 0 Å². The highest BCUT2D eigenvalue weighted by molar-refractivity contribution is 14.1. The van der Waals surface area contributed by atoms with Gasteiger partial charge in [0, 0.05) is 15.2 Å². The second-order valence-corrected chi connectivity index (χ2v) is 7.49.